The lowest BCUT2D eigenvalue weighted by Crippen LogP contribution is -2.24. The molecule has 1 aliphatic rings. The first-order valence-corrected chi connectivity index (χ1v) is 8.53. The summed E-state index contributed by atoms with van der Waals surface area (Å²) >= 11 is 5.99. The SMILES string of the molecule is Cc1ccnc2c1nc(CCCl)n2C1CCC(C)C(C)C1. The zero-order valence-corrected chi connectivity index (χ0v) is 13.9. The average molecular weight is 306 g/mol. The minimum absolute atomic E-state index is 0.522. The average Bonchev–Trinajstić information content (AvgIpc) is 2.82. The predicted octanol–water partition coefficient (Wildman–Crippen LogP) is 4.52. The Morgan fingerprint density at radius 2 is 2.10 bits per heavy atom. The van der Waals surface area contributed by atoms with E-state index in [2.05, 4.69) is 30.3 Å². The molecule has 1 fully saturated rings. The van der Waals surface area contributed by atoms with Gasteiger partial charge in [-0.3, -0.25) is 0 Å². The summed E-state index contributed by atoms with van der Waals surface area (Å²) in [7, 11) is 0. The molecule has 0 aliphatic heterocycles. The minimum atomic E-state index is 0.522. The van der Waals surface area contributed by atoms with Crippen LogP contribution < -0.4 is 0 Å². The summed E-state index contributed by atoms with van der Waals surface area (Å²) in [5.74, 6) is 3.30. The van der Waals surface area contributed by atoms with Crippen LogP contribution in [0.5, 0.6) is 0 Å². The molecule has 3 unspecified atom stereocenters. The van der Waals surface area contributed by atoms with Crippen molar-refractivity contribution in [3.63, 3.8) is 0 Å². The predicted molar refractivity (Wildman–Crippen MR) is 87.9 cm³/mol. The first-order valence-electron chi connectivity index (χ1n) is 8.00. The van der Waals surface area contributed by atoms with E-state index in [4.69, 9.17) is 16.6 Å². The van der Waals surface area contributed by atoms with E-state index in [-0.39, 0.29) is 0 Å². The van der Waals surface area contributed by atoms with E-state index in [1.165, 1.54) is 24.8 Å². The number of imidazole rings is 1. The van der Waals surface area contributed by atoms with Gasteiger partial charge in [0.05, 0.1) is 0 Å². The minimum Gasteiger partial charge on any atom is -0.310 e. The maximum absolute atomic E-state index is 5.99. The summed E-state index contributed by atoms with van der Waals surface area (Å²) in [6, 6.07) is 2.56. The second kappa shape index (κ2) is 5.96. The first kappa shape index (κ1) is 14.8. The summed E-state index contributed by atoms with van der Waals surface area (Å²) in [4.78, 5) is 9.46. The quantitative estimate of drug-likeness (QED) is 0.781. The van der Waals surface area contributed by atoms with Crippen LogP contribution in [0.2, 0.25) is 0 Å². The molecule has 0 radical (unpaired) electrons. The summed E-state index contributed by atoms with van der Waals surface area (Å²) in [5.41, 5.74) is 3.29. The van der Waals surface area contributed by atoms with Crippen molar-refractivity contribution >= 4 is 22.8 Å². The Labute approximate surface area is 131 Å². The van der Waals surface area contributed by atoms with Gasteiger partial charge in [0, 0.05) is 24.5 Å². The van der Waals surface area contributed by atoms with Gasteiger partial charge in [-0.2, -0.15) is 0 Å². The van der Waals surface area contributed by atoms with E-state index in [1.54, 1.807) is 0 Å². The zero-order chi connectivity index (χ0) is 15.0. The van der Waals surface area contributed by atoms with Gasteiger partial charge >= 0.3 is 0 Å². The Balaban J connectivity index is 2.07. The topological polar surface area (TPSA) is 30.7 Å². The van der Waals surface area contributed by atoms with Crippen LogP contribution in [-0.2, 0) is 6.42 Å². The second-order valence-corrected chi connectivity index (χ2v) is 6.94. The molecule has 4 heteroatoms. The van der Waals surface area contributed by atoms with Gasteiger partial charge in [0.15, 0.2) is 5.65 Å². The second-order valence-electron chi connectivity index (χ2n) is 6.56. The lowest BCUT2D eigenvalue weighted by molar-refractivity contribution is 0.210. The van der Waals surface area contributed by atoms with E-state index in [0.717, 1.165) is 35.2 Å². The molecule has 0 spiro atoms. The summed E-state index contributed by atoms with van der Waals surface area (Å²) < 4.78 is 2.38. The highest BCUT2D eigenvalue weighted by Gasteiger charge is 2.28. The number of aryl methyl sites for hydroxylation is 2. The highest BCUT2D eigenvalue weighted by molar-refractivity contribution is 6.17. The highest BCUT2D eigenvalue weighted by atomic mass is 35.5. The molecule has 1 saturated carbocycles. The van der Waals surface area contributed by atoms with Gasteiger partial charge in [0.25, 0.3) is 0 Å². The van der Waals surface area contributed by atoms with Crippen molar-refractivity contribution in [2.75, 3.05) is 5.88 Å². The third-order valence-corrected chi connectivity index (χ3v) is 5.30. The van der Waals surface area contributed by atoms with Crippen molar-refractivity contribution in [2.24, 2.45) is 11.8 Å². The van der Waals surface area contributed by atoms with E-state index in [9.17, 15) is 0 Å². The van der Waals surface area contributed by atoms with Crippen LogP contribution in [0.4, 0.5) is 0 Å². The largest absolute Gasteiger partial charge is 0.310 e. The lowest BCUT2D eigenvalue weighted by Gasteiger charge is -2.33. The van der Waals surface area contributed by atoms with Crippen LogP contribution in [0, 0.1) is 18.8 Å². The maximum atomic E-state index is 5.99. The third-order valence-electron chi connectivity index (χ3n) is 5.11. The molecule has 3 rings (SSSR count). The van der Waals surface area contributed by atoms with E-state index < -0.39 is 0 Å². The third kappa shape index (κ3) is 2.68. The molecule has 2 aromatic heterocycles. The molecular weight excluding hydrogens is 282 g/mol. The fourth-order valence-corrected chi connectivity index (χ4v) is 3.72. The van der Waals surface area contributed by atoms with Crippen LogP contribution >= 0.6 is 11.6 Å². The van der Waals surface area contributed by atoms with Crippen molar-refractivity contribution in [1.29, 1.82) is 0 Å². The van der Waals surface area contributed by atoms with Crippen molar-refractivity contribution in [3.8, 4) is 0 Å². The first-order chi connectivity index (χ1) is 10.1. The van der Waals surface area contributed by atoms with Crippen molar-refractivity contribution < 1.29 is 0 Å². The number of nitrogens with zero attached hydrogens (tertiary/aromatic N) is 3. The number of hydrogen-bond acceptors (Lipinski definition) is 2. The highest BCUT2D eigenvalue weighted by Crippen LogP contribution is 2.38. The van der Waals surface area contributed by atoms with Gasteiger partial charge in [-0.05, 0) is 49.7 Å². The molecule has 114 valence electrons. The van der Waals surface area contributed by atoms with Gasteiger partial charge in [0.1, 0.15) is 11.3 Å². The normalized spacial score (nSPS) is 26.4. The fraction of sp³-hybridized carbons (Fsp3) is 0.647. The number of halogens is 1. The number of alkyl halides is 1. The Kier molecular flexibility index (Phi) is 4.21. The molecule has 0 aromatic carbocycles. The summed E-state index contributed by atoms with van der Waals surface area (Å²) in [5, 5.41) is 0. The molecule has 2 aromatic rings. The van der Waals surface area contributed by atoms with Crippen LogP contribution in [0.1, 0.15) is 50.5 Å². The van der Waals surface area contributed by atoms with E-state index in [0.29, 0.717) is 11.9 Å². The monoisotopic (exact) mass is 305 g/mol. The molecule has 21 heavy (non-hydrogen) atoms. The molecule has 3 atom stereocenters. The molecule has 2 heterocycles. The van der Waals surface area contributed by atoms with Gasteiger partial charge in [-0.25, -0.2) is 9.97 Å². The fourth-order valence-electron chi connectivity index (χ4n) is 3.55. The van der Waals surface area contributed by atoms with Crippen LogP contribution in [0.25, 0.3) is 11.2 Å². The smallest absolute Gasteiger partial charge is 0.160 e. The molecule has 0 bridgehead atoms. The Hall–Kier alpha value is -1.09. The van der Waals surface area contributed by atoms with Crippen LogP contribution in [0.3, 0.4) is 0 Å². The molecule has 0 saturated heterocycles. The number of aromatic nitrogens is 3. The van der Waals surface area contributed by atoms with Crippen LogP contribution in [-0.4, -0.2) is 20.4 Å². The number of fused-ring (bicyclic) bond motifs is 1. The molecule has 0 amide bonds. The Morgan fingerprint density at radius 3 is 2.81 bits per heavy atom. The van der Waals surface area contributed by atoms with E-state index >= 15 is 0 Å². The number of pyridine rings is 1. The number of rotatable bonds is 3. The lowest BCUT2D eigenvalue weighted by atomic mass is 9.79. The molecule has 3 nitrogen and oxygen atoms in total. The number of hydrogen-bond donors (Lipinski definition) is 0. The van der Waals surface area contributed by atoms with Gasteiger partial charge in [-0.15, -0.1) is 11.6 Å². The summed E-state index contributed by atoms with van der Waals surface area (Å²) in [6.07, 6.45) is 6.45. The van der Waals surface area contributed by atoms with E-state index in [1.807, 2.05) is 12.3 Å². The summed E-state index contributed by atoms with van der Waals surface area (Å²) in [6.45, 7) is 6.85. The van der Waals surface area contributed by atoms with Gasteiger partial charge in [-0.1, -0.05) is 13.8 Å². The Morgan fingerprint density at radius 1 is 1.29 bits per heavy atom. The zero-order valence-electron chi connectivity index (χ0n) is 13.1. The molecular formula is C17H24ClN3. The maximum Gasteiger partial charge on any atom is 0.160 e. The van der Waals surface area contributed by atoms with Crippen LogP contribution in [0.15, 0.2) is 12.3 Å². The van der Waals surface area contributed by atoms with Crippen molar-refractivity contribution in [3.05, 3.63) is 23.7 Å². The van der Waals surface area contributed by atoms with Crippen molar-refractivity contribution in [1.82, 2.24) is 14.5 Å². The van der Waals surface area contributed by atoms with Crippen molar-refractivity contribution in [2.45, 2.75) is 52.5 Å². The molecule has 0 N–H and O–H groups in total. The Bertz CT molecular complexity index is 634. The molecule has 1 aliphatic carbocycles. The van der Waals surface area contributed by atoms with Gasteiger partial charge in [0.2, 0.25) is 0 Å². The van der Waals surface area contributed by atoms with Gasteiger partial charge < -0.3 is 4.57 Å². The standard InChI is InChI=1S/C17H24ClN3/c1-11-4-5-14(10-13(11)3)21-15(6-8-18)20-16-12(2)7-9-19-17(16)21/h7,9,11,13-14H,4-6,8,10H2,1-3H3.